The first kappa shape index (κ1) is 27.8. The molecule has 1 aromatic heterocycles. The number of aliphatic carboxylic acids is 1. The summed E-state index contributed by atoms with van der Waals surface area (Å²) in [6, 6.07) is 13.6. The van der Waals surface area contributed by atoms with Gasteiger partial charge in [0.25, 0.3) is 0 Å². The number of sulfone groups is 1. The van der Waals surface area contributed by atoms with E-state index in [-0.39, 0.29) is 18.1 Å². The van der Waals surface area contributed by atoms with E-state index in [1.54, 1.807) is 25.1 Å². The molecular formula is C28H31NO7S2. The molecule has 1 atom stereocenters. The van der Waals surface area contributed by atoms with Crippen LogP contribution in [0.2, 0.25) is 0 Å². The minimum Gasteiger partial charge on any atom is -0.496 e. The zero-order valence-electron chi connectivity index (χ0n) is 21.6. The van der Waals surface area contributed by atoms with Crippen LogP contribution in [-0.2, 0) is 21.2 Å². The highest BCUT2D eigenvalue weighted by atomic mass is 32.2. The molecular weight excluding hydrogens is 526 g/mol. The van der Waals surface area contributed by atoms with Crippen LogP contribution in [-0.4, -0.2) is 56.0 Å². The molecule has 2 aromatic carbocycles. The van der Waals surface area contributed by atoms with Crippen molar-refractivity contribution in [3.8, 4) is 28.5 Å². The standard InChI is InChI=1S/C28H31NO7S2/c1-18-10-22(35-8-5-9-38(3,32)33)13-24(34-2)28(18)20-7-4-6-19(11-20)16-36-26-14-25-23(15-29-26)21(17-37-25)12-27(30)31/h4,6-7,10-11,13-15,21H,5,8-9,12,16-17H2,1-3H3,(H,30,31). The fourth-order valence-electron chi connectivity index (χ4n) is 4.42. The molecule has 0 aliphatic carbocycles. The van der Waals surface area contributed by atoms with Gasteiger partial charge in [-0.2, -0.15) is 0 Å². The highest BCUT2D eigenvalue weighted by Crippen LogP contribution is 2.42. The van der Waals surface area contributed by atoms with Crippen LogP contribution in [0.1, 0.15) is 35.4 Å². The lowest BCUT2D eigenvalue weighted by Gasteiger charge is -2.16. The van der Waals surface area contributed by atoms with E-state index in [1.807, 2.05) is 49.4 Å². The summed E-state index contributed by atoms with van der Waals surface area (Å²) in [5, 5.41) is 9.11. The molecule has 0 spiro atoms. The maximum Gasteiger partial charge on any atom is 0.303 e. The van der Waals surface area contributed by atoms with Crippen LogP contribution >= 0.6 is 11.8 Å². The predicted molar refractivity (Wildman–Crippen MR) is 147 cm³/mol. The fraction of sp³-hybridized carbons (Fsp3) is 0.357. The van der Waals surface area contributed by atoms with Crippen molar-refractivity contribution >= 4 is 27.6 Å². The van der Waals surface area contributed by atoms with E-state index in [0.717, 1.165) is 38.5 Å². The quantitative estimate of drug-likeness (QED) is 0.303. The molecule has 0 radical (unpaired) electrons. The van der Waals surface area contributed by atoms with E-state index in [1.165, 1.54) is 6.26 Å². The summed E-state index contributed by atoms with van der Waals surface area (Å²) in [6.45, 7) is 2.61. The third-order valence-corrected chi connectivity index (χ3v) is 8.46. The van der Waals surface area contributed by atoms with Gasteiger partial charge in [-0.05, 0) is 47.7 Å². The first-order valence-electron chi connectivity index (χ1n) is 12.2. The molecule has 1 unspecified atom stereocenters. The molecule has 0 saturated heterocycles. The zero-order chi connectivity index (χ0) is 27.3. The number of pyridine rings is 1. The molecule has 1 aliphatic rings. The summed E-state index contributed by atoms with van der Waals surface area (Å²) < 4.78 is 40.1. The number of methoxy groups -OCH3 is 1. The number of carbonyl (C=O) groups is 1. The Morgan fingerprint density at radius 3 is 2.74 bits per heavy atom. The minimum absolute atomic E-state index is 0.0202. The summed E-state index contributed by atoms with van der Waals surface area (Å²) in [7, 11) is -1.41. The van der Waals surface area contributed by atoms with Crippen molar-refractivity contribution in [2.24, 2.45) is 0 Å². The Bertz CT molecular complexity index is 1420. The highest BCUT2D eigenvalue weighted by molar-refractivity contribution is 7.99. The second-order valence-electron chi connectivity index (χ2n) is 9.30. The first-order chi connectivity index (χ1) is 18.1. The van der Waals surface area contributed by atoms with Crippen LogP contribution in [0.25, 0.3) is 11.1 Å². The normalized spacial score (nSPS) is 14.7. The van der Waals surface area contributed by atoms with Gasteiger partial charge in [-0.1, -0.05) is 18.2 Å². The van der Waals surface area contributed by atoms with Crippen LogP contribution in [0.5, 0.6) is 17.4 Å². The van der Waals surface area contributed by atoms with Gasteiger partial charge in [-0.15, -0.1) is 11.8 Å². The van der Waals surface area contributed by atoms with Gasteiger partial charge in [0.2, 0.25) is 5.88 Å². The number of rotatable bonds is 12. The molecule has 0 fully saturated rings. The number of nitrogens with zero attached hydrogens (tertiary/aromatic N) is 1. The molecule has 1 N–H and O–H groups in total. The number of carboxylic acid groups (broad SMARTS) is 1. The topological polar surface area (TPSA) is 112 Å². The van der Waals surface area contributed by atoms with Crippen molar-refractivity contribution in [1.29, 1.82) is 0 Å². The Labute approximate surface area is 227 Å². The van der Waals surface area contributed by atoms with Gasteiger partial charge >= 0.3 is 5.97 Å². The summed E-state index contributed by atoms with van der Waals surface area (Å²) in [6.07, 6.45) is 3.47. The van der Waals surface area contributed by atoms with Gasteiger partial charge in [0.15, 0.2) is 0 Å². The minimum atomic E-state index is -3.02. The number of thioether (sulfide) groups is 1. The molecule has 0 saturated carbocycles. The molecule has 8 nitrogen and oxygen atoms in total. The van der Waals surface area contributed by atoms with Crippen molar-refractivity contribution in [3.63, 3.8) is 0 Å². The Hall–Kier alpha value is -3.24. The Morgan fingerprint density at radius 2 is 2.00 bits per heavy atom. The number of fused-ring (bicyclic) bond motifs is 1. The molecule has 202 valence electrons. The van der Waals surface area contributed by atoms with Gasteiger partial charge < -0.3 is 19.3 Å². The van der Waals surface area contributed by atoms with Crippen LogP contribution in [0, 0.1) is 6.92 Å². The number of aromatic nitrogens is 1. The van der Waals surface area contributed by atoms with Crippen molar-refractivity contribution in [1.82, 2.24) is 4.98 Å². The SMILES string of the molecule is COc1cc(OCCCS(C)(=O)=O)cc(C)c1-c1cccc(COc2cc3c(cn2)C(CC(=O)O)CS3)c1. The molecule has 38 heavy (non-hydrogen) atoms. The van der Waals surface area contributed by atoms with Crippen LogP contribution in [0.15, 0.2) is 53.6 Å². The molecule has 2 heterocycles. The maximum atomic E-state index is 11.3. The number of hydrogen-bond donors (Lipinski definition) is 1. The average Bonchev–Trinajstić information content (AvgIpc) is 3.25. The molecule has 10 heteroatoms. The van der Waals surface area contributed by atoms with Gasteiger partial charge in [-0.25, -0.2) is 13.4 Å². The second-order valence-corrected chi connectivity index (χ2v) is 12.6. The third-order valence-electron chi connectivity index (χ3n) is 6.19. The van der Waals surface area contributed by atoms with Crippen LogP contribution < -0.4 is 14.2 Å². The Kier molecular flexibility index (Phi) is 8.83. The number of carboxylic acids is 1. The van der Waals surface area contributed by atoms with Crippen molar-refractivity contribution in [2.75, 3.05) is 31.5 Å². The number of ether oxygens (including phenoxy) is 3. The number of hydrogen-bond acceptors (Lipinski definition) is 8. The monoisotopic (exact) mass is 557 g/mol. The largest absolute Gasteiger partial charge is 0.496 e. The number of benzene rings is 2. The summed E-state index contributed by atoms with van der Waals surface area (Å²) >= 11 is 1.63. The summed E-state index contributed by atoms with van der Waals surface area (Å²) in [5.74, 6) is 1.79. The van der Waals surface area contributed by atoms with E-state index in [2.05, 4.69) is 4.98 Å². The Morgan fingerprint density at radius 1 is 1.18 bits per heavy atom. The average molecular weight is 558 g/mol. The third kappa shape index (κ3) is 7.20. The zero-order valence-corrected chi connectivity index (χ0v) is 23.2. The lowest BCUT2D eigenvalue weighted by molar-refractivity contribution is -0.137. The molecule has 4 rings (SSSR count). The molecule has 0 amide bonds. The van der Waals surface area contributed by atoms with E-state index in [0.29, 0.717) is 37.0 Å². The summed E-state index contributed by atoms with van der Waals surface area (Å²) in [5.41, 5.74) is 4.81. The lowest BCUT2D eigenvalue weighted by atomic mass is 9.97. The molecule has 1 aliphatic heterocycles. The second kappa shape index (κ2) is 12.1. The van der Waals surface area contributed by atoms with E-state index >= 15 is 0 Å². The number of aryl methyl sites for hydroxylation is 1. The summed E-state index contributed by atoms with van der Waals surface area (Å²) in [4.78, 5) is 16.5. The van der Waals surface area contributed by atoms with E-state index < -0.39 is 15.8 Å². The van der Waals surface area contributed by atoms with E-state index in [4.69, 9.17) is 19.3 Å². The maximum absolute atomic E-state index is 11.3. The molecule has 0 bridgehead atoms. The van der Waals surface area contributed by atoms with E-state index in [9.17, 15) is 13.2 Å². The van der Waals surface area contributed by atoms with Crippen molar-refractivity contribution in [2.45, 2.75) is 37.2 Å². The van der Waals surface area contributed by atoms with Gasteiger partial charge in [0, 0.05) is 46.7 Å². The van der Waals surface area contributed by atoms with Crippen molar-refractivity contribution in [3.05, 3.63) is 65.4 Å². The predicted octanol–water partition coefficient (Wildman–Crippen LogP) is 5.12. The van der Waals surface area contributed by atoms with Crippen molar-refractivity contribution < 1.29 is 32.5 Å². The fourth-order valence-corrected chi connectivity index (χ4v) is 6.31. The van der Waals surface area contributed by atoms with Crippen LogP contribution in [0.3, 0.4) is 0 Å². The van der Waals surface area contributed by atoms with Gasteiger partial charge in [-0.3, -0.25) is 4.79 Å². The smallest absolute Gasteiger partial charge is 0.303 e. The van der Waals surface area contributed by atoms with Gasteiger partial charge in [0.05, 0.1) is 25.9 Å². The first-order valence-corrected chi connectivity index (χ1v) is 15.2. The Balaban J connectivity index is 1.45. The molecule has 3 aromatic rings. The lowest BCUT2D eigenvalue weighted by Crippen LogP contribution is -2.08. The highest BCUT2D eigenvalue weighted by Gasteiger charge is 2.26. The van der Waals surface area contributed by atoms with Crippen LogP contribution in [0.4, 0.5) is 0 Å². The van der Waals surface area contributed by atoms with Gasteiger partial charge in [0.1, 0.15) is 27.9 Å².